The molecule has 0 aliphatic carbocycles. The molecule has 6 rings (SSSR count). The molecule has 0 bridgehead atoms. The standard InChI is InChI=1S/C30H26F2N4O3S/c31-21-10-12-22(13-11-21)36-30-27(28(33-36)20-6-2-1-3-7-20)29(23-8-4-5-9-24(23)32)40-19-26(38)35(30)18-25(37)34-14-16-39-17-15-34/h1-13,29H,14-19H2/t29-/m1/s1. The number of fused-ring (bicyclic) bond motifs is 1. The summed E-state index contributed by atoms with van der Waals surface area (Å²) in [5.41, 5.74) is 2.87. The highest BCUT2D eigenvalue weighted by Gasteiger charge is 2.39. The normalized spacial score (nSPS) is 17.4. The molecule has 0 unspecified atom stereocenters. The minimum Gasteiger partial charge on any atom is -0.378 e. The van der Waals surface area contributed by atoms with E-state index in [9.17, 15) is 14.0 Å². The van der Waals surface area contributed by atoms with E-state index in [1.807, 2.05) is 30.3 Å². The van der Waals surface area contributed by atoms with Crippen LogP contribution >= 0.6 is 11.8 Å². The van der Waals surface area contributed by atoms with Crippen LogP contribution in [0.25, 0.3) is 16.9 Å². The van der Waals surface area contributed by atoms with Crippen LogP contribution in [0.1, 0.15) is 16.4 Å². The first-order valence-corrected chi connectivity index (χ1v) is 14.0. The fraction of sp³-hybridized carbons (Fsp3) is 0.233. The molecule has 1 saturated heterocycles. The molecule has 2 aliphatic rings. The molecule has 2 aliphatic heterocycles. The number of hydrogen-bond acceptors (Lipinski definition) is 5. The molecule has 1 fully saturated rings. The molecule has 7 nitrogen and oxygen atoms in total. The van der Waals surface area contributed by atoms with Gasteiger partial charge in [0.2, 0.25) is 11.8 Å². The predicted octanol–water partition coefficient (Wildman–Crippen LogP) is 4.85. The van der Waals surface area contributed by atoms with Gasteiger partial charge >= 0.3 is 0 Å². The van der Waals surface area contributed by atoms with Crippen molar-refractivity contribution in [3.63, 3.8) is 0 Å². The predicted molar refractivity (Wildman–Crippen MR) is 149 cm³/mol. The maximum absolute atomic E-state index is 15.3. The van der Waals surface area contributed by atoms with Crippen LogP contribution in [-0.4, -0.2) is 65.1 Å². The smallest absolute Gasteiger partial charge is 0.242 e. The number of benzene rings is 3. The minimum absolute atomic E-state index is 0.0295. The van der Waals surface area contributed by atoms with Crippen LogP contribution in [0.4, 0.5) is 14.6 Å². The first-order chi connectivity index (χ1) is 19.5. The summed E-state index contributed by atoms with van der Waals surface area (Å²) in [5, 5.41) is 4.34. The Morgan fingerprint density at radius 2 is 1.65 bits per heavy atom. The van der Waals surface area contributed by atoms with E-state index in [2.05, 4.69) is 0 Å². The highest BCUT2D eigenvalue weighted by molar-refractivity contribution is 8.00. The van der Waals surface area contributed by atoms with Crippen molar-refractivity contribution in [2.45, 2.75) is 5.25 Å². The van der Waals surface area contributed by atoms with Crippen LogP contribution in [0.5, 0.6) is 0 Å². The maximum Gasteiger partial charge on any atom is 0.242 e. The van der Waals surface area contributed by atoms with Crippen molar-refractivity contribution in [2.75, 3.05) is 43.5 Å². The molecule has 3 heterocycles. The zero-order chi connectivity index (χ0) is 27.6. The lowest BCUT2D eigenvalue weighted by atomic mass is 9.99. The Balaban J connectivity index is 1.59. The lowest BCUT2D eigenvalue weighted by Crippen LogP contribution is -2.48. The van der Waals surface area contributed by atoms with E-state index in [-0.39, 0.29) is 24.1 Å². The second-order valence-electron chi connectivity index (χ2n) is 9.53. The molecule has 0 saturated carbocycles. The Kier molecular flexibility index (Phi) is 7.36. The highest BCUT2D eigenvalue weighted by atomic mass is 32.2. The zero-order valence-electron chi connectivity index (χ0n) is 21.5. The molecular formula is C30H26F2N4O3S. The topological polar surface area (TPSA) is 67.7 Å². The molecule has 2 amide bonds. The molecule has 204 valence electrons. The minimum atomic E-state index is -0.590. The SMILES string of the molecule is O=C(CN1C(=O)CS[C@H](c2ccccc2F)c2c(-c3ccccc3)nn(-c3ccc(F)cc3)c21)N1CCOCC1. The summed E-state index contributed by atoms with van der Waals surface area (Å²) in [4.78, 5) is 30.3. The van der Waals surface area contributed by atoms with Gasteiger partial charge < -0.3 is 9.64 Å². The molecule has 4 aromatic rings. The highest BCUT2D eigenvalue weighted by Crippen LogP contribution is 2.49. The molecule has 1 atom stereocenters. The molecule has 3 aromatic carbocycles. The number of carbonyl (C=O) groups is 2. The van der Waals surface area contributed by atoms with Crippen molar-refractivity contribution >= 4 is 29.4 Å². The average molecular weight is 561 g/mol. The fourth-order valence-corrected chi connectivity index (χ4v) is 6.29. The number of hydrogen-bond donors (Lipinski definition) is 0. The van der Waals surface area contributed by atoms with Crippen molar-refractivity contribution in [2.24, 2.45) is 0 Å². The number of anilines is 1. The maximum atomic E-state index is 15.3. The molecule has 0 spiro atoms. The van der Waals surface area contributed by atoms with Crippen LogP contribution in [0.15, 0.2) is 78.9 Å². The Hall–Kier alpha value is -4.02. The lowest BCUT2D eigenvalue weighted by Gasteiger charge is -2.30. The van der Waals surface area contributed by atoms with Crippen LogP contribution < -0.4 is 4.90 Å². The monoisotopic (exact) mass is 560 g/mol. The lowest BCUT2D eigenvalue weighted by molar-refractivity contribution is -0.134. The summed E-state index contributed by atoms with van der Waals surface area (Å²) in [6.45, 7) is 1.53. The molecule has 1 aromatic heterocycles. The van der Waals surface area contributed by atoms with Crippen LogP contribution in [0, 0.1) is 11.6 Å². The van der Waals surface area contributed by atoms with Gasteiger partial charge in [0.05, 0.1) is 35.6 Å². The summed E-state index contributed by atoms with van der Waals surface area (Å²) in [6.07, 6.45) is 0. The Morgan fingerprint density at radius 1 is 0.950 bits per heavy atom. The number of thioether (sulfide) groups is 1. The van der Waals surface area contributed by atoms with Gasteiger partial charge in [0.15, 0.2) is 0 Å². The Bertz CT molecular complexity index is 1540. The van der Waals surface area contributed by atoms with E-state index < -0.39 is 16.9 Å². The Labute approximate surface area is 234 Å². The van der Waals surface area contributed by atoms with E-state index in [0.717, 1.165) is 5.56 Å². The van der Waals surface area contributed by atoms with Gasteiger partial charge in [-0.25, -0.2) is 13.5 Å². The quantitative estimate of drug-likeness (QED) is 0.349. The van der Waals surface area contributed by atoms with Crippen molar-refractivity contribution < 1.29 is 23.1 Å². The zero-order valence-corrected chi connectivity index (χ0v) is 22.3. The van der Waals surface area contributed by atoms with Crippen LogP contribution in [0.3, 0.4) is 0 Å². The van der Waals surface area contributed by atoms with Gasteiger partial charge in [-0.2, -0.15) is 5.10 Å². The first kappa shape index (κ1) is 26.2. The first-order valence-electron chi connectivity index (χ1n) is 13.0. The summed E-state index contributed by atoms with van der Waals surface area (Å²) in [5.74, 6) is -0.929. The van der Waals surface area contributed by atoms with E-state index >= 15 is 4.39 Å². The van der Waals surface area contributed by atoms with Gasteiger partial charge in [0.1, 0.15) is 24.0 Å². The van der Waals surface area contributed by atoms with Gasteiger partial charge in [-0.1, -0.05) is 48.5 Å². The van der Waals surface area contributed by atoms with Gasteiger partial charge in [-0.3, -0.25) is 14.5 Å². The molecule has 10 heteroatoms. The molecule has 0 N–H and O–H groups in total. The van der Waals surface area contributed by atoms with E-state index in [1.54, 1.807) is 39.9 Å². The van der Waals surface area contributed by atoms with Gasteiger partial charge in [-0.15, -0.1) is 11.8 Å². The fourth-order valence-electron chi connectivity index (χ4n) is 5.07. The third-order valence-electron chi connectivity index (χ3n) is 7.05. The second kappa shape index (κ2) is 11.2. The van der Waals surface area contributed by atoms with Crippen molar-refractivity contribution in [3.8, 4) is 16.9 Å². The van der Waals surface area contributed by atoms with E-state index in [1.165, 1.54) is 34.9 Å². The second-order valence-corrected chi connectivity index (χ2v) is 10.6. The van der Waals surface area contributed by atoms with Crippen LogP contribution in [0.2, 0.25) is 0 Å². The van der Waals surface area contributed by atoms with Crippen LogP contribution in [-0.2, 0) is 14.3 Å². The van der Waals surface area contributed by atoms with E-state index in [4.69, 9.17) is 9.84 Å². The Morgan fingerprint density at radius 3 is 2.38 bits per heavy atom. The number of aromatic nitrogens is 2. The number of carbonyl (C=O) groups excluding carboxylic acids is 2. The third kappa shape index (κ3) is 5.00. The number of nitrogens with zero attached hydrogens (tertiary/aromatic N) is 4. The number of halogens is 2. The van der Waals surface area contributed by atoms with Crippen molar-refractivity contribution in [3.05, 3.63) is 102 Å². The number of rotatable bonds is 5. The van der Waals surface area contributed by atoms with Gasteiger partial charge in [0, 0.05) is 29.8 Å². The molecule has 0 radical (unpaired) electrons. The van der Waals surface area contributed by atoms with Crippen molar-refractivity contribution in [1.29, 1.82) is 0 Å². The van der Waals surface area contributed by atoms with Gasteiger partial charge in [0.25, 0.3) is 0 Å². The summed E-state index contributed by atoms with van der Waals surface area (Å²) in [6, 6.07) is 21.7. The summed E-state index contributed by atoms with van der Waals surface area (Å²) < 4.78 is 36.2. The van der Waals surface area contributed by atoms with Gasteiger partial charge in [-0.05, 0) is 30.3 Å². The number of ether oxygens (including phenoxy) is 1. The van der Waals surface area contributed by atoms with Crippen molar-refractivity contribution in [1.82, 2.24) is 14.7 Å². The molecule has 40 heavy (non-hydrogen) atoms. The summed E-state index contributed by atoms with van der Waals surface area (Å²) in [7, 11) is 0. The largest absolute Gasteiger partial charge is 0.378 e. The average Bonchev–Trinajstić information content (AvgIpc) is 3.31. The summed E-state index contributed by atoms with van der Waals surface area (Å²) >= 11 is 1.30. The molecular weight excluding hydrogens is 534 g/mol. The number of amides is 2. The number of morpholine rings is 1. The third-order valence-corrected chi connectivity index (χ3v) is 8.29. The van der Waals surface area contributed by atoms with E-state index in [0.29, 0.717) is 54.6 Å².